The molecule has 0 aromatic heterocycles. The largest absolute Gasteiger partial charge is 0.497 e. The van der Waals surface area contributed by atoms with Crippen LogP contribution in [0.3, 0.4) is 0 Å². The number of carbonyl (C=O) groups excluding carboxylic acids is 2. The Labute approximate surface area is 122 Å². The van der Waals surface area contributed by atoms with Gasteiger partial charge in [-0.15, -0.1) is 0 Å². The summed E-state index contributed by atoms with van der Waals surface area (Å²) in [5.74, 6) is 0.212. The maximum atomic E-state index is 12.6. The Morgan fingerprint density at radius 2 is 2.15 bits per heavy atom. The second-order valence-electron chi connectivity index (χ2n) is 4.94. The summed E-state index contributed by atoms with van der Waals surface area (Å²) in [4.78, 5) is 25.9. The van der Waals surface area contributed by atoms with E-state index in [1.54, 1.807) is 25.1 Å². The number of ether oxygens (including phenoxy) is 1. The Hall–Kier alpha value is -1.75. The van der Waals surface area contributed by atoms with Gasteiger partial charge in [-0.2, -0.15) is 0 Å². The molecular weight excluding hydrogens is 280 g/mol. The molecule has 108 valence electrons. The van der Waals surface area contributed by atoms with Gasteiger partial charge in [0.05, 0.1) is 17.8 Å². The van der Waals surface area contributed by atoms with Crippen LogP contribution in [-0.2, 0) is 9.59 Å². The number of hydrogen-bond acceptors (Lipinski definition) is 3. The molecule has 0 bridgehead atoms. The van der Waals surface area contributed by atoms with Gasteiger partial charge in [-0.3, -0.25) is 14.5 Å². The summed E-state index contributed by atoms with van der Waals surface area (Å²) in [6, 6.07) is 5.02. The average molecular weight is 297 g/mol. The molecule has 1 fully saturated rings. The lowest BCUT2D eigenvalue weighted by atomic mass is 9.94. The van der Waals surface area contributed by atoms with Crippen molar-refractivity contribution < 1.29 is 14.3 Å². The highest BCUT2D eigenvalue weighted by Crippen LogP contribution is 2.33. The highest BCUT2D eigenvalue weighted by Gasteiger charge is 2.42. The second-order valence-corrected chi connectivity index (χ2v) is 5.35. The third-order valence-electron chi connectivity index (χ3n) is 3.59. The normalized spacial score (nSPS) is 22.7. The number of benzene rings is 1. The molecule has 0 radical (unpaired) electrons. The predicted octanol–water partition coefficient (Wildman–Crippen LogP) is 1.98. The zero-order valence-electron chi connectivity index (χ0n) is 11.7. The van der Waals surface area contributed by atoms with Crippen LogP contribution in [0, 0.1) is 0 Å². The van der Waals surface area contributed by atoms with Crippen LogP contribution in [0.5, 0.6) is 5.75 Å². The van der Waals surface area contributed by atoms with Crippen LogP contribution in [0.2, 0.25) is 5.02 Å². The van der Waals surface area contributed by atoms with E-state index >= 15 is 0 Å². The molecule has 1 aliphatic rings. The molecule has 1 atom stereocenters. The minimum atomic E-state index is -0.901. The number of anilines is 1. The fraction of sp³-hybridized carbons (Fsp3) is 0.429. The first-order valence-corrected chi connectivity index (χ1v) is 6.75. The molecule has 0 spiro atoms. The van der Waals surface area contributed by atoms with Crippen LogP contribution >= 0.6 is 11.6 Å². The molecule has 0 saturated carbocycles. The molecule has 1 N–H and O–H groups in total. The summed E-state index contributed by atoms with van der Waals surface area (Å²) < 4.78 is 5.14. The number of carbonyl (C=O) groups is 2. The van der Waals surface area contributed by atoms with Crippen LogP contribution in [0.4, 0.5) is 5.69 Å². The molecule has 1 aliphatic heterocycles. The lowest BCUT2D eigenvalue weighted by Crippen LogP contribution is -2.65. The van der Waals surface area contributed by atoms with Gasteiger partial charge < -0.3 is 10.1 Å². The summed E-state index contributed by atoms with van der Waals surface area (Å²) in [7, 11) is 1.54. The second kappa shape index (κ2) is 5.32. The van der Waals surface area contributed by atoms with Crippen molar-refractivity contribution in [3.8, 4) is 5.75 Å². The van der Waals surface area contributed by atoms with Gasteiger partial charge in [0.1, 0.15) is 17.8 Å². The topological polar surface area (TPSA) is 58.6 Å². The summed E-state index contributed by atoms with van der Waals surface area (Å²) in [6.07, 6.45) is 0.510. The third kappa shape index (κ3) is 2.45. The highest BCUT2D eigenvalue weighted by atomic mass is 35.5. The Balaban J connectivity index is 2.45. The summed E-state index contributed by atoms with van der Waals surface area (Å²) in [5, 5.41) is 3.15. The Kier molecular flexibility index (Phi) is 3.90. The van der Waals surface area contributed by atoms with Gasteiger partial charge in [0.15, 0.2) is 0 Å². The van der Waals surface area contributed by atoms with Crippen molar-refractivity contribution in [3.05, 3.63) is 23.2 Å². The van der Waals surface area contributed by atoms with E-state index in [2.05, 4.69) is 5.32 Å². The Morgan fingerprint density at radius 1 is 1.45 bits per heavy atom. The molecule has 2 rings (SSSR count). The van der Waals surface area contributed by atoms with E-state index in [-0.39, 0.29) is 18.4 Å². The minimum absolute atomic E-state index is 0.0404. The van der Waals surface area contributed by atoms with Gasteiger partial charge in [-0.25, -0.2) is 0 Å². The number of halogens is 1. The van der Waals surface area contributed by atoms with Crippen molar-refractivity contribution in [2.45, 2.75) is 25.8 Å². The third-order valence-corrected chi connectivity index (χ3v) is 3.91. The van der Waals surface area contributed by atoms with Crippen molar-refractivity contribution in [2.75, 3.05) is 18.6 Å². The lowest BCUT2D eigenvalue weighted by Gasteiger charge is -2.39. The number of piperazine rings is 1. The van der Waals surface area contributed by atoms with Crippen LogP contribution < -0.4 is 15.0 Å². The van der Waals surface area contributed by atoms with Gasteiger partial charge in [0.2, 0.25) is 5.91 Å². The minimum Gasteiger partial charge on any atom is -0.497 e. The van der Waals surface area contributed by atoms with Crippen molar-refractivity contribution in [1.82, 2.24) is 5.32 Å². The van der Waals surface area contributed by atoms with E-state index in [4.69, 9.17) is 16.3 Å². The van der Waals surface area contributed by atoms with Gasteiger partial charge in [-0.1, -0.05) is 18.5 Å². The van der Waals surface area contributed by atoms with Gasteiger partial charge in [0, 0.05) is 6.07 Å². The zero-order chi connectivity index (χ0) is 14.9. The first-order chi connectivity index (χ1) is 9.41. The van der Waals surface area contributed by atoms with Crippen molar-refractivity contribution in [2.24, 2.45) is 0 Å². The maximum absolute atomic E-state index is 12.6. The first kappa shape index (κ1) is 14.7. The zero-order valence-corrected chi connectivity index (χ0v) is 12.5. The molecule has 2 amide bonds. The fourth-order valence-corrected chi connectivity index (χ4v) is 2.39. The number of hydrogen-bond donors (Lipinski definition) is 1. The van der Waals surface area contributed by atoms with Gasteiger partial charge >= 0.3 is 0 Å². The van der Waals surface area contributed by atoms with E-state index in [0.29, 0.717) is 22.9 Å². The summed E-state index contributed by atoms with van der Waals surface area (Å²) >= 11 is 6.15. The summed E-state index contributed by atoms with van der Waals surface area (Å²) in [6.45, 7) is 3.53. The SMILES string of the molecule is CCC1(C)NC(=O)CN(c2cc(OC)ccc2Cl)C1=O. The smallest absolute Gasteiger partial charge is 0.252 e. The lowest BCUT2D eigenvalue weighted by molar-refractivity contribution is -0.135. The molecule has 6 heteroatoms. The van der Waals surface area contributed by atoms with E-state index in [1.807, 2.05) is 6.92 Å². The van der Waals surface area contributed by atoms with Crippen molar-refractivity contribution in [3.63, 3.8) is 0 Å². The average Bonchev–Trinajstić information content (AvgIpc) is 2.43. The Morgan fingerprint density at radius 3 is 2.75 bits per heavy atom. The predicted molar refractivity (Wildman–Crippen MR) is 77.2 cm³/mol. The fourth-order valence-electron chi connectivity index (χ4n) is 2.17. The van der Waals surface area contributed by atoms with Gasteiger partial charge in [0.25, 0.3) is 5.91 Å². The van der Waals surface area contributed by atoms with Crippen LogP contribution in [0.15, 0.2) is 18.2 Å². The number of rotatable bonds is 3. The van der Waals surface area contributed by atoms with Crippen LogP contribution in [0.25, 0.3) is 0 Å². The van der Waals surface area contributed by atoms with E-state index in [0.717, 1.165) is 0 Å². The molecule has 1 unspecified atom stereocenters. The molecule has 0 aliphatic carbocycles. The number of nitrogens with zero attached hydrogens (tertiary/aromatic N) is 1. The number of methoxy groups -OCH3 is 1. The van der Waals surface area contributed by atoms with Crippen LogP contribution in [-0.4, -0.2) is 31.0 Å². The maximum Gasteiger partial charge on any atom is 0.252 e. The molecule has 1 aromatic rings. The molecule has 1 heterocycles. The van der Waals surface area contributed by atoms with E-state index < -0.39 is 5.54 Å². The first-order valence-electron chi connectivity index (χ1n) is 6.38. The Bertz CT molecular complexity index is 561. The molecule has 20 heavy (non-hydrogen) atoms. The quantitative estimate of drug-likeness (QED) is 0.928. The van der Waals surface area contributed by atoms with Crippen molar-refractivity contribution >= 4 is 29.1 Å². The molecule has 1 saturated heterocycles. The van der Waals surface area contributed by atoms with E-state index in [9.17, 15) is 9.59 Å². The number of amides is 2. The highest BCUT2D eigenvalue weighted by molar-refractivity contribution is 6.34. The van der Waals surface area contributed by atoms with Crippen molar-refractivity contribution in [1.29, 1.82) is 0 Å². The summed E-state index contributed by atoms with van der Waals surface area (Å²) in [5.41, 5.74) is -0.410. The van der Waals surface area contributed by atoms with Gasteiger partial charge in [-0.05, 0) is 25.5 Å². The molecule has 1 aromatic carbocycles. The molecule has 5 nitrogen and oxygen atoms in total. The molecular formula is C14H17ClN2O3. The van der Waals surface area contributed by atoms with Crippen LogP contribution in [0.1, 0.15) is 20.3 Å². The standard InChI is InChI=1S/C14H17ClN2O3/c1-4-14(2)13(19)17(8-12(18)16-14)11-7-9(20-3)5-6-10(11)15/h5-7H,4,8H2,1-3H3,(H,16,18). The number of nitrogens with one attached hydrogen (secondary N) is 1. The monoisotopic (exact) mass is 296 g/mol. The van der Waals surface area contributed by atoms with E-state index in [1.165, 1.54) is 12.0 Å².